The molecule has 4 rings (SSSR count). The average Bonchev–Trinajstić information content (AvgIpc) is 2.96. The van der Waals surface area contributed by atoms with Gasteiger partial charge in [0.1, 0.15) is 0 Å². The molecule has 0 aliphatic carbocycles. The van der Waals surface area contributed by atoms with Crippen molar-refractivity contribution in [2.75, 3.05) is 0 Å². The highest BCUT2D eigenvalue weighted by atomic mass is 35.5. The number of nitrogens with zero attached hydrogens (tertiary/aromatic N) is 1. The Bertz CT molecular complexity index is 1020. The monoisotopic (exact) mass is 389 g/mol. The van der Waals surface area contributed by atoms with Gasteiger partial charge in [-0.2, -0.15) is 0 Å². The van der Waals surface area contributed by atoms with Crippen LogP contribution in [-0.2, 0) is 11.3 Å². The van der Waals surface area contributed by atoms with Crippen molar-refractivity contribution in [2.24, 2.45) is 0 Å². The molecular formula is C24H20ClNO2. The van der Waals surface area contributed by atoms with Crippen LogP contribution in [0.15, 0.2) is 84.6 Å². The normalized spacial score (nSPS) is 16.7. The number of carbonyl (C=O) groups excluding carboxylic acids is 1. The third kappa shape index (κ3) is 3.41. The molecule has 0 saturated carbocycles. The largest absolute Gasteiger partial charge is 0.503 e. The molecule has 3 nitrogen and oxygen atoms in total. The lowest BCUT2D eigenvalue weighted by atomic mass is 9.93. The number of hydrogen-bond acceptors (Lipinski definition) is 2. The van der Waals surface area contributed by atoms with E-state index in [1.807, 2.05) is 85.8 Å². The number of rotatable bonds is 4. The Morgan fingerprint density at radius 1 is 0.929 bits per heavy atom. The number of amides is 1. The maximum Gasteiger partial charge on any atom is 0.290 e. The van der Waals surface area contributed by atoms with Crippen molar-refractivity contribution in [3.8, 4) is 0 Å². The van der Waals surface area contributed by atoms with E-state index < -0.39 is 0 Å². The van der Waals surface area contributed by atoms with E-state index in [0.717, 1.165) is 22.3 Å². The zero-order valence-electron chi connectivity index (χ0n) is 15.5. The molecule has 1 aliphatic rings. The molecule has 0 saturated heterocycles. The van der Waals surface area contributed by atoms with E-state index in [4.69, 9.17) is 11.6 Å². The summed E-state index contributed by atoms with van der Waals surface area (Å²) in [6.07, 6.45) is 0. The highest BCUT2D eigenvalue weighted by molar-refractivity contribution is 6.30. The van der Waals surface area contributed by atoms with Gasteiger partial charge >= 0.3 is 0 Å². The fraction of sp³-hybridized carbons (Fsp3) is 0.125. The van der Waals surface area contributed by atoms with Crippen LogP contribution in [0.25, 0.3) is 5.57 Å². The van der Waals surface area contributed by atoms with Gasteiger partial charge < -0.3 is 10.0 Å². The van der Waals surface area contributed by atoms with Gasteiger partial charge in [0.25, 0.3) is 5.91 Å². The Kier molecular flexibility index (Phi) is 4.93. The molecule has 0 radical (unpaired) electrons. The number of halogens is 1. The first kappa shape index (κ1) is 18.3. The van der Waals surface area contributed by atoms with E-state index in [0.29, 0.717) is 17.1 Å². The highest BCUT2D eigenvalue weighted by Gasteiger charge is 2.40. The Morgan fingerprint density at radius 3 is 2.21 bits per heavy atom. The predicted molar refractivity (Wildman–Crippen MR) is 112 cm³/mol. The third-order valence-electron chi connectivity index (χ3n) is 5.05. The minimum Gasteiger partial charge on any atom is -0.503 e. The second-order valence-electron chi connectivity index (χ2n) is 7.00. The molecule has 3 aromatic carbocycles. The molecule has 0 spiro atoms. The van der Waals surface area contributed by atoms with E-state index in [9.17, 15) is 9.90 Å². The van der Waals surface area contributed by atoms with Crippen molar-refractivity contribution >= 4 is 23.1 Å². The number of aliphatic hydroxyl groups is 1. The van der Waals surface area contributed by atoms with Crippen LogP contribution in [0.4, 0.5) is 0 Å². The number of aryl methyl sites for hydroxylation is 1. The molecule has 1 unspecified atom stereocenters. The van der Waals surface area contributed by atoms with E-state index in [1.165, 1.54) is 0 Å². The topological polar surface area (TPSA) is 40.5 Å². The highest BCUT2D eigenvalue weighted by Crippen LogP contribution is 2.43. The van der Waals surface area contributed by atoms with E-state index in [1.54, 1.807) is 4.90 Å². The van der Waals surface area contributed by atoms with E-state index >= 15 is 0 Å². The number of hydrogen-bond donors (Lipinski definition) is 1. The second-order valence-corrected chi connectivity index (χ2v) is 7.44. The molecular weight excluding hydrogens is 370 g/mol. The van der Waals surface area contributed by atoms with Crippen LogP contribution in [0.1, 0.15) is 28.3 Å². The zero-order chi connectivity index (χ0) is 19.7. The minimum absolute atomic E-state index is 0.196. The Balaban J connectivity index is 1.80. The van der Waals surface area contributed by atoms with Crippen molar-refractivity contribution in [3.05, 3.63) is 112 Å². The molecule has 1 aliphatic heterocycles. The van der Waals surface area contributed by atoms with Gasteiger partial charge in [-0.1, -0.05) is 83.9 Å². The minimum atomic E-state index is -0.381. The number of aliphatic hydroxyl groups excluding tert-OH is 1. The third-order valence-corrected chi connectivity index (χ3v) is 5.30. The van der Waals surface area contributed by atoms with Crippen LogP contribution in [0, 0.1) is 6.92 Å². The fourth-order valence-electron chi connectivity index (χ4n) is 3.61. The van der Waals surface area contributed by atoms with E-state index in [-0.39, 0.29) is 17.7 Å². The molecule has 1 atom stereocenters. The summed E-state index contributed by atoms with van der Waals surface area (Å²) in [6.45, 7) is 2.44. The molecule has 4 heteroatoms. The maximum atomic E-state index is 13.0. The second kappa shape index (κ2) is 7.53. The molecule has 0 aromatic heterocycles. The van der Waals surface area contributed by atoms with Crippen molar-refractivity contribution in [1.29, 1.82) is 0 Å². The number of carbonyl (C=O) groups is 1. The molecule has 3 aromatic rings. The Labute approximate surface area is 169 Å². The van der Waals surface area contributed by atoms with Gasteiger partial charge in [-0.25, -0.2) is 0 Å². The first-order valence-corrected chi connectivity index (χ1v) is 9.53. The molecule has 140 valence electrons. The van der Waals surface area contributed by atoms with Crippen molar-refractivity contribution in [2.45, 2.75) is 19.5 Å². The van der Waals surface area contributed by atoms with Crippen LogP contribution in [-0.4, -0.2) is 15.9 Å². The van der Waals surface area contributed by atoms with Crippen LogP contribution >= 0.6 is 11.6 Å². The van der Waals surface area contributed by atoms with Gasteiger partial charge in [0, 0.05) is 17.1 Å². The van der Waals surface area contributed by atoms with Crippen molar-refractivity contribution in [1.82, 2.24) is 4.90 Å². The molecule has 0 fully saturated rings. The first-order valence-electron chi connectivity index (χ1n) is 9.15. The van der Waals surface area contributed by atoms with Crippen LogP contribution in [0.5, 0.6) is 0 Å². The summed E-state index contributed by atoms with van der Waals surface area (Å²) >= 11 is 6.07. The SMILES string of the molecule is Cc1ccc(CN2C(=O)C(O)=C(c3ccccc3)C2c2ccc(Cl)cc2)cc1. The summed E-state index contributed by atoms with van der Waals surface area (Å²) in [5.74, 6) is -0.558. The summed E-state index contributed by atoms with van der Waals surface area (Å²) in [4.78, 5) is 14.7. The standard InChI is InChI=1S/C24H20ClNO2/c1-16-7-9-17(10-8-16)15-26-22(19-11-13-20(25)14-12-19)21(23(27)24(26)28)18-5-3-2-4-6-18/h2-14,22,27H,15H2,1H3. The van der Waals surface area contributed by atoms with Gasteiger partial charge in [0.05, 0.1) is 6.04 Å². The maximum absolute atomic E-state index is 13.0. The Hall–Kier alpha value is -3.04. The predicted octanol–water partition coefficient (Wildman–Crippen LogP) is 5.70. The van der Waals surface area contributed by atoms with Gasteiger partial charge in [0.15, 0.2) is 5.76 Å². The molecule has 1 N–H and O–H groups in total. The average molecular weight is 390 g/mol. The van der Waals surface area contributed by atoms with Crippen molar-refractivity contribution in [3.63, 3.8) is 0 Å². The van der Waals surface area contributed by atoms with Gasteiger partial charge in [-0.15, -0.1) is 0 Å². The quantitative estimate of drug-likeness (QED) is 0.621. The fourth-order valence-corrected chi connectivity index (χ4v) is 3.74. The zero-order valence-corrected chi connectivity index (χ0v) is 16.2. The van der Waals surface area contributed by atoms with Gasteiger partial charge in [-0.05, 0) is 35.7 Å². The van der Waals surface area contributed by atoms with E-state index in [2.05, 4.69) is 0 Å². The lowest BCUT2D eigenvalue weighted by molar-refractivity contribution is -0.130. The van der Waals surface area contributed by atoms with Gasteiger partial charge in [0.2, 0.25) is 0 Å². The smallest absolute Gasteiger partial charge is 0.290 e. The van der Waals surface area contributed by atoms with Crippen LogP contribution in [0.3, 0.4) is 0 Å². The van der Waals surface area contributed by atoms with Crippen LogP contribution in [0.2, 0.25) is 5.02 Å². The first-order chi connectivity index (χ1) is 13.5. The molecule has 0 bridgehead atoms. The summed E-state index contributed by atoms with van der Waals surface area (Å²) in [6, 6.07) is 24.7. The summed E-state index contributed by atoms with van der Waals surface area (Å²) in [5.41, 5.74) is 4.55. The lowest BCUT2D eigenvalue weighted by Gasteiger charge is -2.27. The molecule has 1 heterocycles. The summed E-state index contributed by atoms with van der Waals surface area (Å²) < 4.78 is 0. The lowest BCUT2D eigenvalue weighted by Crippen LogP contribution is -2.29. The Morgan fingerprint density at radius 2 is 1.57 bits per heavy atom. The summed E-state index contributed by atoms with van der Waals surface area (Å²) in [7, 11) is 0. The molecule has 1 amide bonds. The number of benzene rings is 3. The summed E-state index contributed by atoms with van der Waals surface area (Å²) in [5, 5.41) is 11.4. The molecule has 28 heavy (non-hydrogen) atoms. The van der Waals surface area contributed by atoms with Crippen molar-refractivity contribution < 1.29 is 9.90 Å². The van der Waals surface area contributed by atoms with Crippen LogP contribution < -0.4 is 0 Å². The van der Waals surface area contributed by atoms with Gasteiger partial charge in [-0.3, -0.25) is 4.79 Å².